The molecule has 8 heteroatoms. The maximum atomic E-state index is 14.9. The summed E-state index contributed by atoms with van der Waals surface area (Å²) in [6.07, 6.45) is 0.303. The molecule has 1 fully saturated rings. The Bertz CT molecular complexity index is 1410. The molecular weight excluding hydrogens is 456 g/mol. The van der Waals surface area contributed by atoms with Gasteiger partial charge in [-0.15, -0.1) is 11.3 Å². The van der Waals surface area contributed by atoms with Crippen LogP contribution >= 0.6 is 11.3 Å². The molecule has 1 unspecified atom stereocenters. The van der Waals surface area contributed by atoms with Crippen molar-refractivity contribution in [3.05, 3.63) is 93.5 Å². The number of carbonyl (C=O) groups is 2. The van der Waals surface area contributed by atoms with Gasteiger partial charge in [0.05, 0.1) is 23.7 Å². The van der Waals surface area contributed by atoms with Gasteiger partial charge in [0.1, 0.15) is 28.5 Å². The zero-order chi connectivity index (χ0) is 24.0. The molecule has 2 aromatic carbocycles. The molecule has 1 aromatic heterocycles. The standard InChI is InChI=1S/C26H19F2N3O2S/c1-14-23(25(33)30-24(19-11-22(19)32)15-4-2-5-17(27)10-15)18-6-3-7-21(28)20(18)13-31(14)26-16(12-29)8-9-34-26/h2-10,19,24H,11,13H2,1H3,(H,30,33)/t19?,24-/m1/s1. The van der Waals surface area contributed by atoms with Crippen LogP contribution in [0.15, 0.2) is 59.6 Å². The fourth-order valence-corrected chi connectivity index (χ4v) is 5.36. The van der Waals surface area contributed by atoms with E-state index < -0.39 is 29.5 Å². The molecule has 1 saturated carbocycles. The molecule has 5 rings (SSSR count). The zero-order valence-corrected chi connectivity index (χ0v) is 19.0. The number of nitrogens with zero attached hydrogens (tertiary/aromatic N) is 2. The summed E-state index contributed by atoms with van der Waals surface area (Å²) >= 11 is 1.34. The van der Waals surface area contributed by atoms with Gasteiger partial charge < -0.3 is 10.2 Å². The van der Waals surface area contributed by atoms with Gasteiger partial charge in [0.2, 0.25) is 0 Å². The van der Waals surface area contributed by atoms with Gasteiger partial charge in [-0.25, -0.2) is 8.78 Å². The number of amides is 1. The first kappa shape index (κ1) is 22.0. The molecule has 5 nitrogen and oxygen atoms in total. The zero-order valence-electron chi connectivity index (χ0n) is 18.1. The number of halogens is 2. The number of nitrogens with one attached hydrogen (secondary N) is 1. The molecule has 1 aliphatic heterocycles. The van der Waals surface area contributed by atoms with E-state index in [0.717, 1.165) is 0 Å². The Kier molecular flexibility index (Phi) is 5.50. The van der Waals surface area contributed by atoms with Crippen molar-refractivity contribution in [2.24, 2.45) is 5.92 Å². The van der Waals surface area contributed by atoms with Crippen LogP contribution in [-0.4, -0.2) is 11.7 Å². The largest absolute Gasteiger partial charge is 0.344 e. The lowest BCUT2D eigenvalue weighted by Crippen LogP contribution is -2.36. The van der Waals surface area contributed by atoms with Gasteiger partial charge in [-0.05, 0) is 47.7 Å². The summed E-state index contributed by atoms with van der Waals surface area (Å²) in [6.45, 7) is 1.93. The van der Waals surface area contributed by atoms with Crippen LogP contribution in [0.2, 0.25) is 0 Å². The molecule has 0 bridgehead atoms. The summed E-state index contributed by atoms with van der Waals surface area (Å²) in [4.78, 5) is 27.4. The number of carbonyl (C=O) groups excluding carboxylic acids is 2. The molecule has 0 radical (unpaired) electrons. The molecule has 1 amide bonds. The van der Waals surface area contributed by atoms with Crippen molar-refractivity contribution in [3.63, 3.8) is 0 Å². The van der Waals surface area contributed by atoms with Crippen molar-refractivity contribution in [2.75, 3.05) is 4.90 Å². The number of anilines is 1. The van der Waals surface area contributed by atoms with Crippen molar-refractivity contribution in [1.82, 2.24) is 5.32 Å². The summed E-state index contributed by atoms with van der Waals surface area (Å²) in [7, 11) is 0. The van der Waals surface area contributed by atoms with Crippen molar-refractivity contribution >= 4 is 33.6 Å². The Morgan fingerprint density at radius 2 is 2.00 bits per heavy atom. The number of Topliss-reactive ketones (excluding diaryl/α,β-unsaturated/α-hetero) is 1. The minimum atomic E-state index is -0.695. The first-order chi connectivity index (χ1) is 16.4. The SMILES string of the molecule is CC1=C(C(=O)N[C@H](c2cccc(F)c2)C2CC2=O)c2cccc(F)c2CN1c1sccc1C#N. The highest BCUT2D eigenvalue weighted by Crippen LogP contribution is 2.41. The smallest absolute Gasteiger partial charge is 0.254 e. The fourth-order valence-electron chi connectivity index (χ4n) is 4.46. The number of thiophene rings is 1. The van der Waals surface area contributed by atoms with Gasteiger partial charge in [0, 0.05) is 23.6 Å². The molecule has 34 heavy (non-hydrogen) atoms. The maximum absolute atomic E-state index is 14.9. The summed E-state index contributed by atoms with van der Waals surface area (Å²) < 4.78 is 28.8. The second kappa shape index (κ2) is 8.50. The maximum Gasteiger partial charge on any atom is 0.254 e. The minimum absolute atomic E-state index is 0.00535. The van der Waals surface area contributed by atoms with Crippen LogP contribution < -0.4 is 10.2 Å². The van der Waals surface area contributed by atoms with E-state index in [-0.39, 0.29) is 17.9 Å². The van der Waals surface area contributed by atoms with E-state index in [2.05, 4.69) is 11.4 Å². The molecule has 170 valence electrons. The van der Waals surface area contributed by atoms with Crippen LogP contribution in [0.25, 0.3) is 5.57 Å². The van der Waals surface area contributed by atoms with Gasteiger partial charge in [0.15, 0.2) is 0 Å². The van der Waals surface area contributed by atoms with Crippen LogP contribution in [-0.2, 0) is 16.1 Å². The Labute approximate surface area is 198 Å². The summed E-state index contributed by atoms with van der Waals surface area (Å²) in [5.41, 5.74) is 2.56. The third kappa shape index (κ3) is 3.78. The number of benzene rings is 2. The first-order valence-corrected chi connectivity index (χ1v) is 11.6. The van der Waals surface area contributed by atoms with Gasteiger partial charge >= 0.3 is 0 Å². The Hall–Kier alpha value is -3.83. The van der Waals surface area contributed by atoms with Crippen molar-refractivity contribution < 1.29 is 18.4 Å². The Balaban J connectivity index is 1.59. The lowest BCUT2D eigenvalue weighted by molar-refractivity contribution is -0.116. The number of ketones is 1. The van der Waals surface area contributed by atoms with E-state index in [1.165, 1.54) is 35.6 Å². The number of fused-ring (bicyclic) bond motifs is 1. The molecule has 2 heterocycles. The van der Waals surface area contributed by atoms with Crippen molar-refractivity contribution in [3.8, 4) is 6.07 Å². The first-order valence-electron chi connectivity index (χ1n) is 10.7. The predicted octanol–water partition coefficient (Wildman–Crippen LogP) is 5.10. The van der Waals surface area contributed by atoms with Crippen LogP contribution in [0.5, 0.6) is 0 Å². The van der Waals surface area contributed by atoms with Gasteiger partial charge in [-0.3, -0.25) is 9.59 Å². The van der Waals surface area contributed by atoms with E-state index in [1.54, 1.807) is 41.5 Å². The molecule has 2 aliphatic rings. The van der Waals surface area contributed by atoms with Crippen LogP contribution in [0.3, 0.4) is 0 Å². The van der Waals surface area contributed by atoms with Gasteiger partial charge in [0.25, 0.3) is 5.91 Å². The second-order valence-corrected chi connectivity index (χ2v) is 9.24. The molecule has 2 atom stereocenters. The molecule has 3 aromatic rings. The second-order valence-electron chi connectivity index (χ2n) is 8.35. The number of allylic oxidation sites excluding steroid dienone is 1. The topological polar surface area (TPSA) is 73.2 Å². The normalized spacial score (nSPS) is 17.8. The van der Waals surface area contributed by atoms with E-state index in [4.69, 9.17) is 0 Å². The third-order valence-corrected chi connectivity index (χ3v) is 7.22. The number of nitriles is 1. The molecule has 0 saturated heterocycles. The van der Waals surface area contributed by atoms with Crippen LogP contribution in [0, 0.1) is 28.9 Å². The minimum Gasteiger partial charge on any atom is -0.344 e. The Morgan fingerprint density at radius 1 is 1.24 bits per heavy atom. The lowest BCUT2D eigenvalue weighted by Gasteiger charge is -2.33. The molecule has 1 N–H and O–H groups in total. The highest BCUT2D eigenvalue weighted by Gasteiger charge is 2.44. The average Bonchev–Trinajstić information content (AvgIpc) is 3.34. The predicted molar refractivity (Wildman–Crippen MR) is 125 cm³/mol. The number of hydrogen-bond acceptors (Lipinski definition) is 5. The third-order valence-electron chi connectivity index (χ3n) is 6.28. The quantitative estimate of drug-likeness (QED) is 0.558. The van der Waals surface area contributed by atoms with E-state index >= 15 is 0 Å². The molecular formula is C26H19F2N3O2S. The van der Waals surface area contributed by atoms with E-state index in [0.29, 0.717) is 39.4 Å². The highest BCUT2D eigenvalue weighted by atomic mass is 32.1. The summed E-state index contributed by atoms with van der Waals surface area (Å²) in [6, 6.07) is 13.5. The Morgan fingerprint density at radius 3 is 2.71 bits per heavy atom. The lowest BCUT2D eigenvalue weighted by atomic mass is 9.91. The van der Waals surface area contributed by atoms with Crippen LogP contribution in [0.4, 0.5) is 13.8 Å². The summed E-state index contributed by atoms with van der Waals surface area (Å²) in [5.74, 6) is -1.83. The highest BCUT2D eigenvalue weighted by molar-refractivity contribution is 7.14. The van der Waals surface area contributed by atoms with Crippen LogP contribution in [0.1, 0.15) is 41.6 Å². The van der Waals surface area contributed by atoms with Gasteiger partial charge in [-0.1, -0.05) is 24.3 Å². The van der Waals surface area contributed by atoms with Gasteiger partial charge in [-0.2, -0.15) is 5.26 Å². The molecule has 1 aliphatic carbocycles. The number of hydrogen-bond donors (Lipinski definition) is 1. The number of rotatable bonds is 5. The monoisotopic (exact) mass is 475 g/mol. The van der Waals surface area contributed by atoms with E-state index in [9.17, 15) is 23.6 Å². The average molecular weight is 476 g/mol. The molecule has 0 spiro atoms. The van der Waals surface area contributed by atoms with Crippen molar-refractivity contribution in [1.29, 1.82) is 5.26 Å². The summed E-state index contributed by atoms with van der Waals surface area (Å²) in [5, 5.41) is 14.8. The van der Waals surface area contributed by atoms with E-state index in [1.807, 2.05) is 0 Å². The fraction of sp³-hybridized carbons (Fsp3) is 0.192. The van der Waals surface area contributed by atoms with Crippen molar-refractivity contribution in [2.45, 2.75) is 25.9 Å².